The summed E-state index contributed by atoms with van der Waals surface area (Å²) in [6.07, 6.45) is 2.04. The Morgan fingerprint density at radius 3 is 2.61 bits per heavy atom. The Kier molecular flexibility index (Phi) is 8.29. The number of rotatable bonds is 7. The second kappa shape index (κ2) is 9.45. The molecule has 1 heterocycles. The average Bonchev–Trinajstić information content (AvgIpc) is 2.44. The summed E-state index contributed by atoms with van der Waals surface area (Å²) in [4.78, 5) is 16.4. The van der Waals surface area contributed by atoms with Gasteiger partial charge in [-0.25, -0.2) is 4.79 Å². The van der Waals surface area contributed by atoms with Gasteiger partial charge in [0.25, 0.3) is 0 Å². The summed E-state index contributed by atoms with van der Waals surface area (Å²) in [7, 11) is 3.82. The van der Waals surface area contributed by atoms with Gasteiger partial charge in [-0.15, -0.1) is 0 Å². The van der Waals surface area contributed by atoms with Crippen LogP contribution in [-0.2, 0) is 9.47 Å². The lowest BCUT2D eigenvalue weighted by atomic mass is 9.99. The number of hydrogen-bond donors (Lipinski definition) is 1. The van der Waals surface area contributed by atoms with Gasteiger partial charge in [0, 0.05) is 38.8 Å². The van der Waals surface area contributed by atoms with E-state index in [-0.39, 0.29) is 6.09 Å². The zero-order valence-corrected chi connectivity index (χ0v) is 15.7. The summed E-state index contributed by atoms with van der Waals surface area (Å²) in [5.41, 5.74) is -0.473. The van der Waals surface area contributed by atoms with Crippen molar-refractivity contribution in [2.75, 3.05) is 46.9 Å². The smallest absolute Gasteiger partial charge is 0.410 e. The van der Waals surface area contributed by atoms with E-state index < -0.39 is 5.60 Å². The topological polar surface area (TPSA) is 54.0 Å². The van der Waals surface area contributed by atoms with E-state index in [0.717, 1.165) is 25.9 Å². The van der Waals surface area contributed by atoms with E-state index in [9.17, 15) is 4.79 Å². The molecule has 0 aromatic heterocycles. The summed E-state index contributed by atoms with van der Waals surface area (Å²) >= 11 is 0. The van der Waals surface area contributed by atoms with Crippen molar-refractivity contribution in [3.8, 4) is 0 Å². The highest BCUT2D eigenvalue weighted by atomic mass is 16.6. The highest BCUT2D eigenvalue weighted by Crippen LogP contribution is 2.15. The standard InChI is InChI=1S/C17H35N3O3/c1-14-13-15(7-9-19(14)5)18-8-10-20(11-12-22-6)16(21)23-17(2,3)4/h14-15,18H,7-13H2,1-6H3. The van der Waals surface area contributed by atoms with E-state index >= 15 is 0 Å². The third-order valence-electron chi connectivity index (χ3n) is 4.24. The van der Waals surface area contributed by atoms with Crippen LogP contribution < -0.4 is 5.32 Å². The molecule has 2 atom stereocenters. The second-order valence-corrected chi connectivity index (χ2v) is 7.47. The minimum Gasteiger partial charge on any atom is -0.444 e. The van der Waals surface area contributed by atoms with Crippen molar-refractivity contribution in [3.63, 3.8) is 0 Å². The number of nitrogens with one attached hydrogen (secondary N) is 1. The number of likely N-dealkylation sites (tertiary alicyclic amines) is 1. The van der Waals surface area contributed by atoms with Gasteiger partial charge in [-0.3, -0.25) is 0 Å². The van der Waals surface area contributed by atoms with Crippen LogP contribution in [-0.4, -0.2) is 80.5 Å². The average molecular weight is 329 g/mol. The van der Waals surface area contributed by atoms with Crippen LogP contribution in [0.5, 0.6) is 0 Å². The Bertz CT molecular complexity index is 357. The first-order valence-electron chi connectivity index (χ1n) is 8.63. The zero-order chi connectivity index (χ0) is 17.5. The van der Waals surface area contributed by atoms with Crippen molar-refractivity contribution in [3.05, 3.63) is 0 Å². The third-order valence-corrected chi connectivity index (χ3v) is 4.24. The van der Waals surface area contributed by atoms with Gasteiger partial charge in [0.15, 0.2) is 0 Å². The molecule has 0 aliphatic carbocycles. The molecule has 6 heteroatoms. The van der Waals surface area contributed by atoms with Gasteiger partial charge in [-0.2, -0.15) is 0 Å². The SMILES string of the molecule is COCCN(CCNC1CCN(C)C(C)C1)C(=O)OC(C)(C)C. The molecule has 1 aliphatic heterocycles. The summed E-state index contributed by atoms with van der Waals surface area (Å²) in [5.74, 6) is 0. The predicted octanol–water partition coefficient (Wildman–Crippen LogP) is 1.94. The fraction of sp³-hybridized carbons (Fsp3) is 0.941. The molecular weight excluding hydrogens is 294 g/mol. The zero-order valence-electron chi connectivity index (χ0n) is 15.7. The minimum atomic E-state index is -0.473. The minimum absolute atomic E-state index is 0.270. The molecule has 1 rings (SSSR count). The molecule has 1 N–H and O–H groups in total. The van der Waals surface area contributed by atoms with Gasteiger partial charge in [0.2, 0.25) is 0 Å². The molecule has 1 aliphatic rings. The third kappa shape index (κ3) is 7.99. The van der Waals surface area contributed by atoms with Crippen LogP contribution in [0.4, 0.5) is 4.79 Å². The Morgan fingerprint density at radius 2 is 2.04 bits per heavy atom. The largest absolute Gasteiger partial charge is 0.444 e. The van der Waals surface area contributed by atoms with Crippen LogP contribution in [0.15, 0.2) is 0 Å². The molecule has 0 saturated carbocycles. The van der Waals surface area contributed by atoms with Crippen LogP contribution >= 0.6 is 0 Å². The first-order valence-corrected chi connectivity index (χ1v) is 8.63. The van der Waals surface area contributed by atoms with Crippen molar-refractivity contribution >= 4 is 6.09 Å². The molecule has 0 aromatic carbocycles. The first-order chi connectivity index (χ1) is 10.7. The van der Waals surface area contributed by atoms with Gasteiger partial charge >= 0.3 is 6.09 Å². The van der Waals surface area contributed by atoms with Crippen LogP contribution in [0.2, 0.25) is 0 Å². The van der Waals surface area contributed by atoms with Gasteiger partial charge < -0.3 is 24.6 Å². The fourth-order valence-corrected chi connectivity index (χ4v) is 2.70. The van der Waals surface area contributed by atoms with Gasteiger partial charge in [-0.05, 0) is 54.1 Å². The molecule has 0 radical (unpaired) electrons. The van der Waals surface area contributed by atoms with Crippen molar-refractivity contribution in [2.45, 2.75) is 58.2 Å². The van der Waals surface area contributed by atoms with E-state index in [1.807, 2.05) is 20.8 Å². The van der Waals surface area contributed by atoms with Crippen LogP contribution in [0.1, 0.15) is 40.5 Å². The molecule has 0 aromatic rings. The Labute approximate surface area is 141 Å². The number of amides is 1. The van der Waals surface area contributed by atoms with E-state index in [4.69, 9.17) is 9.47 Å². The van der Waals surface area contributed by atoms with Gasteiger partial charge in [0.05, 0.1) is 6.61 Å². The molecule has 23 heavy (non-hydrogen) atoms. The molecule has 0 bridgehead atoms. The Hall–Kier alpha value is -0.850. The van der Waals surface area contributed by atoms with Crippen molar-refractivity contribution in [1.29, 1.82) is 0 Å². The van der Waals surface area contributed by atoms with Crippen molar-refractivity contribution in [2.24, 2.45) is 0 Å². The van der Waals surface area contributed by atoms with E-state index in [2.05, 4.69) is 24.2 Å². The fourth-order valence-electron chi connectivity index (χ4n) is 2.70. The van der Waals surface area contributed by atoms with Gasteiger partial charge in [0.1, 0.15) is 5.60 Å². The maximum absolute atomic E-state index is 12.3. The van der Waals surface area contributed by atoms with Gasteiger partial charge in [-0.1, -0.05) is 0 Å². The lowest BCUT2D eigenvalue weighted by molar-refractivity contribution is 0.0201. The molecule has 1 fully saturated rings. The highest BCUT2D eigenvalue weighted by molar-refractivity contribution is 5.68. The van der Waals surface area contributed by atoms with Crippen LogP contribution in [0.25, 0.3) is 0 Å². The second-order valence-electron chi connectivity index (χ2n) is 7.47. The monoisotopic (exact) mass is 329 g/mol. The lowest BCUT2D eigenvalue weighted by Crippen LogP contribution is -2.48. The molecule has 6 nitrogen and oxygen atoms in total. The molecule has 1 saturated heterocycles. The number of nitrogens with zero attached hydrogens (tertiary/aromatic N) is 2. The van der Waals surface area contributed by atoms with Crippen molar-refractivity contribution in [1.82, 2.24) is 15.1 Å². The Balaban J connectivity index is 2.40. The molecular formula is C17H35N3O3. The van der Waals surface area contributed by atoms with Crippen LogP contribution in [0, 0.1) is 0 Å². The summed E-state index contributed by atoms with van der Waals surface area (Å²) in [6, 6.07) is 1.14. The molecule has 0 spiro atoms. The van der Waals surface area contributed by atoms with Crippen LogP contribution in [0.3, 0.4) is 0 Å². The molecule has 2 unspecified atom stereocenters. The number of methoxy groups -OCH3 is 1. The normalized spacial score (nSPS) is 22.9. The maximum atomic E-state index is 12.3. The van der Waals surface area contributed by atoms with Crippen molar-refractivity contribution < 1.29 is 14.3 Å². The summed E-state index contributed by atoms with van der Waals surface area (Å²) in [5, 5.41) is 3.58. The Morgan fingerprint density at radius 1 is 1.35 bits per heavy atom. The summed E-state index contributed by atoms with van der Waals surface area (Å²) < 4.78 is 10.6. The summed E-state index contributed by atoms with van der Waals surface area (Å²) in [6.45, 7) is 11.5. The predicted molar refractivity (Wildman–Crippen MR) is 92.8 cm³/mol. The lowest BCUT2D eigenvalue weighted by Gasteiger charge is -2.36. The highest BCUT2D eigenvalue weighted by Gasteiger charge is 2.24. The van der Waals surface area contributed by atoms with E-state index in [0.29, 0.717) is 31.8 Å². The molecule has 136 valence electrons. The first kappa shape index (κ1) is 20.2. The number of ether oxygens (including phenoxy) is 2. The molecule has 1 amide bonds. The number of piperidine rings is 1. The number of carbonyl (C=O) groups is 1. The quantitative estimate of drug-likeness (QED) is 0.774. The van der Waals surface area contributed by atoms with E-state index in [1.165, 1.54) is 0 Å². The number of hydrogen-bond acceptors (Lipinski definition) is 5. The van der Waals surface area contributed by atoms with E-state index in [1.54, 1.807) is 12.0 Å². The number of carbonyl (C=O) groups excluding carboxylic acids is 1. The maximum Gasteiger partial charge on any atom is 0.410 e.